The van der Waals surface area contributed by atoms with Crippen LogP contribution in [0.5, 0.6) is 5.75 Å². The maximum Gasteiger partial charge on any atom is 0.260 e. The van der Waals surface area contributed by atoms with Crippen LogP contribution in [-0.2, 0) is 13.1 Å². The van der Waals surface area contributed by atoms with Crippen molar-refractivity contribution in [1.29, 1.82) is 5.41 Å². The van der Waals surface area contributed by atoms with Crippen molar-refractivity contribution in [1.82, 2.24) is 10.3 Å². The van der Waals surface area contributed by atoms with Crippen LogP contribution in [-0.4, -0.2) is 48.4 Å². The topological polar surface area (TPSA) is 137 Å². The van der Waals surface area contributed by atoms with Gasteiger partial charge in [-0.05, 0) is 48.4 Å². The number of benzene rings is 1. The summed E-state index contributed by atoms with van der Waals surface area (Å²) in [6, 6.07) is 8.93. The Kier molecular flexibility index (Phi) is 9.77. The molecule has 0 aliphatic carbocycles. The number of carbonyl (C=O) groups excluding carboxylic acids is 1. The number of nitrogens with zero attached hydrogens (tertiary/aromatic N) is 3. The number of aliphatic hydroxyl groups excluding tert-OH is 1. The lowest BCUT2D eigenvalue weighted by molar-refractivity contribution is 0.0995. The van der Waals surface area contributed by atoms with Gasteiger partial charge < -0.3 is 20.9 Å². The Bertz CT molecular complexity index is 959. The number of hydrogen-bond donors (Lipinski definition) is 4. The highest BCUT2D eigenvalue weighted by Gasteiger charge is 2.32. The molecule has 1 aromatic heterocycles. The van der Waals surface area contributed by atoms with Gasteiger partial charge in [0, 0.05) is 18.7 Å². The SMILES string of the molecule is CCCCO.CCNCc1cc(OC)cc2c1CN(c1cccc(C(N)=NC=N)n1)C2=O. The highest BCUT2D eigenvalue weighted by molar-refractivity contribution is 6.10. The van der Waals surface area contributed by atoms with E-state index < -0.39 is 0 Å². The zero-order valence-electron chi connectivity index (χ0n) is 18.9. The predicted molar refractivity (Wildman–Crippen MR) is 127 cm³/mol. The number of amides is 1. The van der Waals surface area contributed by atoms with Crippen LogP contribution in [0.4, 0.5) is 5.82 Å². The van der Waals surface area contributed by atoms with E-state index in [-0.39, 0.29) is 11.7 Å². The fraction of sp³-hybridized carbons (Fsp3) is 0.391. The number of unbranched alkanes of at least 4 members (excludes halogenated alkanes) is 1. The molecule has 3 rings (SSSR count). The van der Waals surface area contributed by atoms with Crippen molar-refractivity contribution >= 4 is 23.9 Å². The summed E-state index contributed by atoms with van der Waals surface area (Å²) >= 11 is 0. The number of nitrogens with two attached hydrogens (primary N) is 1. The van der Waals surface area contributed by atoms with Crippen LogP contribution in [0.25, 0.3) is 0 Å². The van der Waals surface area contributed by atoms with Crippen molar-refractivity contribution in [3.05, 3.63) is 52.7 Å². The summed E-state index contributed by atoms with van der Waals surface area (Å²) in [5, 5.41) is 18.4. The molecule has 0 spiro atoms. The van der Waals surface area contributed by atoms with Crippen LogP contribution in [0.3, 0.4) is 0 Å². The predicted octanol–water partition coefficient (Wildman–Crippen LogP) is 2.45. The summed E-state index contributed by atoms with van der Waals surface area (Å²) in [5.74, 6) is 1.14. The van der Waals surface area contributed by atoms with Crippen molar-refractivity contribution in [2.75, 3.05) is 25.2 Å². The van der Waals surface area contributed by atoms with E-state index in [1.165, 1.54) is 0 Å². The second-order valence-corrected chi connectivity index (χ2v) is 7.09. The Hall–Kier alpha value is -3.30. The number of anilines is 1. The Morgan fingerprint density at radius 2 is 2.19 bits per heavy atom. The Balaban J connectivity index is 0.000000654. The molecule has 0 atom stereocenters. The van der Waals surface area contributed by atoms with Gasteiger partial charge in [-0.1, -0.05) is 26.3 Å². The zero-order chi connectivity index (χ0) is 23.5. The first-order valence-corrected chi connectivity index (χ1v) is 10.6. The zero-order valence-corrected chi connectivity index (χ0v) is 18.9. The molecule has 32 heavy (non-hydrogen) atoms. The van der Waals surface area contributed by atoms with Gasteiger partial charge in [0.15, 0.2) is 5.84 Å². The molecule has 5 N–H and O–H groups in total. The van der Waals surface area contributed by atoms with E-state index in [2.05, 4.69) is 22.2 Å². The molecule has 0 radical (unpaired) electrons. The van der Waals surface area contributed by atoms with Gasteiger partial charge in [-0.2, -0.15) is 0 Å². The van der Waals surface area contributed by atoms with E-state index in [1.807, 2.05) is 13.0 Å². The van der Waals surface area contributed by atoms with Gasteiger partial charge in [-0.15, -0.1) is 0 Å². The van der Waals surface area contributed by atoms with Crippen molar-refractivity contribution < 1.29 is 14.6 Å². The van der Waals surface area contributed by atoms with Gasteiger partial charge in [0.25, 0.3) is 5.91 Å². The van der Waals surface area contributed by atoms with Gasteiger partial charge in [0.1, 0.15) is 23.6 Å². The number of aliphatic imine (C=N–C) groups is 1. The molecule has 9 heteroatoms. The second-order valence-electron chi connectivity index (χ2n) is 7.09. The minimum atomic E-state index is -0.131. The maximum atomic E-state index is 13.0. The quantitative estimate of drug-likeness (QED) is 0.349. The average Bonchev–Trinajstić information content (AvgIpc) is 3.15. The van der Waals surface area contributed by atoms with Crippen LogP contribution in [0.1, 0.15) is 53.9 Å². The number of amidine groups is 1. The third-order valence-electron chi connectivity index (χ3n) is 4.90. The number of aromatic nitrogens is 1. The van der Waals surface area contributed by atoms with Crippen LogP contribution in [0, 0.1) is 5.41 Å². The number of nitrogens with one attached hydrogen (secondary N) is 2. The van der Waals surface area contributed by atoms with E-state index in [9.17, 15) is 4.79 Å². The first kappa shape index (κ1) is 25.0. The summed E-state index contributed by atoms with van der Waals surface area (Å²) < 4.78 is 5.36. The highest BCUT2D eigenvalue weighted by atomic mass is 16.5. The largest absolute Gasteiger partial charge is 0.497 e. The number of ether oxygens (including phenoxy) is 1. The third-order valence-corrected chi connectivity index (χ3v) is 4.90. The number of aliphatic hydroxyl groups is 1. The van der Waals surface area contributed by atoms with Crippen LogP contribution in [0.15, 0.2) is 35.3 Å². The number of rotatable bonds is 9. The number of carbonyl (C=O) groups is 1. The van der Waals surface area contributed by atoms with E-state index in [0.717, 1.165) is 36.9 Å². The monoisotopic (exact) mass is 440 g/mol. The van der Waals surface area contributed by atoms with Gasteiger partial charge in [0.2, 0.25) is 0 Å². The molecular weight excluding hydrogens is 408 g/mol. The Morgan fingerprint density at radius 1 is 1.41 bits per heavy atom. The van der Waals surface area contributed by atoms with Gasteiger partial charge in [-0.25, -0.2) is 9.98 Å². The third kappa shape index (κ3) is 6.12. The molecule has 0 fully saturated rings. The van der Waals surface area contributed by atoms with Crippen LogP contribution < -0.4 is 20.7 Å². The van der Waals surface area contributed by atoms with E-state index in [4.69, 9.17) is 21.0 Å². The Morgan fingerprint density at radius 3 is 2.78 bits per heavy atom. The normalized spacial score (nSPS) is 12.8. The van der Waals surface area contributed by atoms with Crippen molar-refractivity contribution in [2.45, 2.75) is 39.8 Å². The van der Waals surface area contributed by atoms with Crippen LogP contribution in [0.2, 0.25) is 0 Å². The second kappa shape index (κ2) is 12.5. The minimum absolute atomic E-state index is 0.130. The molecule has 9 nitrogen and oxygen atoms in total. The van der Waals surface area contributed by atoms with Gasteiger partial charge in [0.05, 0.1) is 13.7 Å². The lowest BCUT2D eigenvalue weighted by Gasteiger charge is -2.15. The van der Waals surface area contributed by atoms with Gasteiger partial charge in [-0.3, -0.25) is 15.1 Å². The standard InChI is InChI=1S/C19H22N6O2.C4H10O/c1-3-22-9-12-7-13(27-2)8-14-15(12)10-25(19(14)26)17-6-4-5-16(24-17)18(21)23-11-20;1-2-3-4-5/h4-8,11,22H,3,9-10H2,1-2H3,(H3,20,21,23);5H,2-4H2,1H3. The molecule has 0 saturated heterocycles. The molecule has 1 aliphatic heterocycles. The van der Waals surface area contributed by atoms with Crippen molar-refractivity contribution in [3.63, 3.8) is 0 Å². The number of pyridine rings is 1. The first-order chi connectivity index (χ1) is 15.5. The van der Waals surface area contributed by atoms with Crippen molar-refractivity contribution in [2.24, 2.45) is 10.7 Å². The van der Waals surface area contributed by atoms with E-state index in [0.29, 0.717) is 42.5 Å². The van der Waals surface area contributed by atoms with Gasteiger partial charge >= 0.3 is 0 Å². The molecular formula is C23H32N6O3. The summed E-state index contributed by atoms with van der Waals surface area (Å²) in [4.78, 5) is 22.8. The Labute approximate surface area is 188 Å². The molecule has 172 valence electrons. The van der Waals surface area contributed by atoms with E-state index in [1.54, 1.807) is 36.3 Å². The molecule has 2 heterocycles. The lowest BCUT2D eigenvalue weighted by Crippen LogP contribution is -2.25. The number of fused-ring (bicyclic) bond motifs is 1. The minimum Gasteiger partial charge on any atom is -0.497 e. The fourth-order valence-corrected chi connectivity index (χ4v) is 3.19. The average molecular weight is 441 g/mol. The summed E-state index contributed by atoms with van der Waals surface area (Å²) in [6.45, 7) is 6.35. The first-order valence-electron chi connectivity index (χ1n) is 10.6. The summed E-state index contributed by atoms with van der Waals surface area (Å²) in [7, 11) is 1.59. The molecule has 1 aromatic carbocycles. The summed E-state index contributed by atoms with van der Waals surface area (Å²) in [6.07, 6.45) is 2.90. The molecule has 1 amide bonds. The molecule has 1 aliphatic rings. The molecule has 0 unspecified atom stereocenters. The van der Waals surface area contributed by atoms with Crippen molar-refractivity contribution in [3.8, 4) is 5.75 Å². The molecule has 2 aromatic rings. The number of hydrogen-bond acceptors (Lipinski definition) is 6. The van der Waals surface area contributed by atoms with E-state index >= 15 is 0 Å². The fourth-order valence-electron chi connectivity index (χ4n) is 3.19. The smallest absolute Gasteiger partial charge is 0.260 e. The highest BCUT2D eigenvalue weighted by Crippen LogP contribution is 2.33. The molecule has 0 saturated carbocycles. The molecule has 0 bridgehead atoms. The number of methoxy groups -OCH3 is 1. The van der Waals surface area contributed by atoms with Crippen LogP contribution >= 0.6 is 0 Å². The lowest BCUT2D eigenvalue weighted by atomic mass is 10.0. The summed E-state index contributed by atoms with van der Waals surface area (Å²) in [5.41, 5.74) is 8.86. The maximum absolute atomic E-state index is 13.0.